The fourth-order valence-corrected chi connectivity index (χ4v) is 2.33. The molecule has 1 atom stereocenters. The number of benzene rings is 1. The summed E-state index contributed by atoms with van der Waals surface area (Å²) in [4.78, 5) is 0. The Morgan fingerprint density at radius 1 is 1.43 bits per heavy atom. The maximum Gasteiger partial charge on any atom is 0.123 e. The van der Waals surface area contributed by atoms with Gasteiger partial charge in [-0.05, 0) is 44.5 Å². The second-order valence-electron chi connectivity index (χ2n) is 4.54. The summed E-state index contributed by atoms with van der Waals surface area (Å²) in [5.41, 5.74) is 1.20. The van der Waals surface area contributed by atoms with E-state index < -0.39 is 0 Å². The van der Waals surface area contributed by atoms with Gasteiger partial charge in [-0.2, -0.15) is 0 Å². The molecule has 76 valence electrons. The molecule has 0 radical (unpaired) electrons. The first-order valence-electron chi connectivity index (χ1n) is 5.10. The van der Waals surface area contributed by atoms with Gasteiger partial charge in [-0.3, -0.25) is 0 Å². The smallest absolute Gasteiger partial charge is 0.123 e. The van der Waals surface area contributed by atoms with E-state index in [2.05, 4.69) is 19.2 Å². The molecule has 1 aromatic rings. The zero-order valence-corrected chi connectivity index (χ0v) is 8.68. The maximum absolute atomic E-state index is 13.1. The van der Waals surface area contributed by atoms with E-state index in [4.69, 9.17) is 0 Å². The van der Waals surface area contributed by atoms with Crippen LogP contribution in [0.1, 0.15) is 31.7 Å². The van der Waals surface area contributed by atoms with Gasteiger partial charge in [0.25, 0.3) is 0 Å². The molecule has 0 aliphatic carbocycles. The molecule has 0 spiro atoms. The fourth-order valence-electron chi connectivity index (χ4n) is 2.33. The van der Waals surface area contributed by atoms with Gasteiger partial charge in [0.05, 0.1) is 0 Å². The predicted molar refractivity (Wildman–Crippen MR) is 55.8 cm³/mol. The molecule has 1 fully saturated rings. The molecule has 0 saturated carbocycles. The molecule has 1 N–H and O–H groups in total. The minimum atomic E-state index is -0.134. The lowest BCUT2D eigenvalue weighted by Gasteiger charge is -2.27. The minimum absolute atomic E-state index is 0.0911. The topological polar surface area (TPSA) is 12.0 Å². The summed E-state index contributed by atoms with van der Waals surface area (Å²) >= 11 is 0. The molecule has 1 aliphatic heterocycles. The van der Waals surface area contributed by atoms with Crippen LogP contribution < -0.4 is 5.32 Å². The first-order valence-corrected chi connectivity index (χ1v) is 5.10. The average molecular weight is 193 g/mol. The molecule has 1 aromatic carbocycles. The summed E-state index contributed by atoms with van der Waals surface area (Å²) in [6, 6.07) is 6.96. The Morgan fingerprint density at radius 3 is 2.79 bits per heavy atom. The average Bonchev–Trinajstić information content (AvgIpc) is 2.45. The summed E-state index contributed by atoms with van der Waals surface area (Å²) in [6.07, 6.45) is 1.09. The van der Waals surface area contributed by atoms with E-state index in [0.29, 0.717) is 5.92 Å². The Labute approximate surface area is 84.3 Å². The molecule has 1 nitrogen and oxygen atoms in total. The number of halogens is 1. The van der Waals surface area contributed by atoms with Crippen molar-refractivity contribution in [3.8, 4) is 0 Å². The Hall–Kier alpha value is -0.890. The van der Waals surface area contributed by atoms with Crippen LogP contribution in [-0.2, 0) is 0 Å². The summed E-state index contributed by atoms with van der Waals surface area (Å²) in [5.74, 6) is 0.295. The van der Waals surface area contributed by atoms with Gasteiger partial charge < -0.3 is 5.32 Å². The maximum atomic E-state index is 13.1. The second kappa shape index (κ2) is 3.35. The van der Waals surface area contributed by atoms with Crippen molar-refractivity contribution >= 4 is 0 Å². The third kappa shape index (κ3) is 1.67. The molecule has 0 bridgehead atoms. The van der Waals surface area contributed by atoms with Crippen LogP contribution in [0.3, 0.4) is 0 Å². The van der Waals surface area contributed by atoms with E-state index in [1.54, 1.807) is 12.1 Å². The van der Waals surface area contributed by atoms with Crippen molar-refractivity contribution < 1.29 is 4.39 Å². The first kappa shape index (κ1) is 9.66. The fraction of sp³-hybridized carbons (Fsp3) is 0.500. The normalized spacial score (nSPS) is 25.2. The van der Waals surface area contributed by atoms with Gasteiger partial charge in [-0.25, -0.2) is 4.39 Å². The Morgan fingerprint density at radius 2 is 2.21 bits per heavy atom. The summed E-state index contributed by atoms with van der Waals surface area (Å²) < 4.78 is 13.1. The number of rotatable bonds is 1. The third-order valence-electron chi connectivity index (χ3n) is 3.14. The summed E-state index contributed by atoms with van der Waals surface area (Å²) in [6.45, 7) is 5.37. The van der Waals surface area contributed by atoms with Gasteiger partial charge in [0.15, 0.2) is 0 Å². The largest absolute Gasteiger partial charge is 0.311 e. The molecular weight excluding hydrogens is 177 g/mol. The highest BCUT2D eigenvalue weighted by Gasteiger charge is 2.34. The van der Waals surface area contributed by atoms with Crippen molar-refractivity contribution in [3.63, 3.8) is 0 Å². The van der Waals surface area contributed by atoms with Gasteiger partial charge >= 0.3 is 0 Å². The van der Waals surface area contributed by atoms with Crippen molar-refractivity contribution in [2.45, 2.75) is 31.7 Å². The van der Waals surface area contributed by atoms with E-state index in [-0.39, 0.29) is 11.4 Å². The van der Waals surface area contributed by atoms with Crippen LogP contribution in [0, 0.1) is 5.82 Å². The van der Waals surface area contributed by atoms with Gasteiger partial charge in [-0.1, -0.05) is 12.1 Å². The molecule has 1 aliphatic rings. The third-order valence-corrected chi connectivity index (χ3v) is 3.14. The highest BCUT2D eigenvalue weighted by molar-refractivity contribution is 5.25. The van der Waals surface area contributed by atoms with Crippen LogP contribution >= 0.6 is 0 Å². The van der Waals surface area contributed by atoms with Gasteiger partial charge in [0, 0.05) is 11.5 Å². The van der Waals surface area contributed by atoms with Gasteiger partial charge in [0.1, 0.15) is 5.82 Å². The van der Waals surface area contributed by atoms with Crippen LogP contribution in [0.25, 0.3) is 0 Å². The number of hydrogen-bond acceptors (Lipinski definition) is 1. The number of nitrogens with one attached hydrogen (secondary N) is 1. The lowest BCUT2D eigenvalue weighted by molar-refractivity contribution is 0.410. The minimum Gasteiger partial charge on any atom is -0.311 e. The van der Waals surface area contributed by atoms with Crippen LogP contribution in [0.2, 0.25) is 0 Å². The highest BCUT2D eigenvalue weighted by Crippen LogP contribution is 2.35. The van der Waals surface area contributed by atoms with Crippen molar-refractivity contribution in [3.05, 3.63) is 35.6 Å². The Kier molecular flexibility index (Phi) is 2.31. The van der Waals surface area contributed by atoms with E-state index in [1.807, 2.05) is 6.07 Å². The van der Waals surface area contributed by atoms with Gasteiger partial charge in [-0.15, -0.1) is 0 Å². The van der Waals surface area contributed by atoms with Crippen LogP contribution in [0.15, 0.2) is 24.3 Å². The molecule has 0 amide bonds. The Balaban J connectivity index is 2.31. The standard InChI is InChI=1S/C12H16FN/c1-12(2)11(6-7-14-12)9-4-3-5-10(13)8-9/h3-5,8,11,14H,6-7H2,1-2H3/t11-/m0/s1. The van der Waals surface area contributed by atoms with Crippen molar-refractivity contribution in [2.75, 3.05) is 6.54 Å². The molecule has 1 saturated heterocycles. The van der Waals surface area contributed by atoms with E-state index in [0.717, 1.165) is 18.5 Å². The van der Waals surface area contributed by atoms with Crippen LogP contribution in [0.5, 0.6) is 0 Å². The molecule has 2 rings (SSSR count). The van der Waals surface area contributed by atoms with E-state index >= 15 is 0 Å². The van der Waals surface area contributed by atoms with Crippen molar-refractivity contribution in [2.24, 2.45) is 0 Å². The molecule has 0 aromatic heterocycles. The van der Waals surface area contributed by atoms with E-state index in [9.17, 15) is 4.39 Å². The zero-order chi connectivity index (χ0) is 10.2. The molecule has 0 unspecified atom stereocenters. The van der Waals surface area contributed by atoms with Crippen molar-refractivity contribution in [1.82, 2.24) is 5.32 Å². The SMILES string of the molecule is CC1(C)NCC[C@H]1c1cccc(F)c1. The zero-order valence-electron chi connectivity index (χ0n) is 8.68. The molecule has 14 heavy (non-hydrogen) atoms. The number of hydrogen-bond donors (Lipinski definition) is 1. The lowest BCUT2D eigenvalue weighted by atomic mass is 9.83. The monoisotopic (exact) mass is 193 g/mol. The predicted octanol–water partition coefficient (Wildman–Crippen LogP) is 2.68. The Bertz CT molecular complexity index is 333. The molecular formula is C12H16FN. The molecule has 2 heteroatoms. The highest BCUT2D eigenvalue weighted by atomic mass is 19.1. The lowest BCUT2D eigenvalue weighted by Crippen LogP contribution is -2.36. The second-order valence-corrected chi connectivity index (χ2v) is 4.54. The summed E-state index contributed by atoms with van der Waals surface area (Å²) in [5, 5.41) is 3.44. The summed E-state index contributed by atoms with van der Waals surface area (Å²) in [7, 11) is 0. The quantitative estimate of drug-likeness (QED) is 0.723. The van der Waals surface area contributed by atoms with Crippen molar-refractivity contribution in [1.29, 1.82) is 0 Å². The molecule has 1 heterocycles. The van der Waals surface area contributed by atoms with Crippen LogP contribution in [0.4, 0.5) is 4.39 Å². The van der Waals surface area contributed by atoms with E-state index in [1.165, 1.54) is 6.07 Å². The van der Waals surface area contributed by atoms with Crippen LogP contribution in [-0.4, -0.2) is 12.1 Å². The first-order chi connectivity index (χ1) is 6.59. The van der Waals surface area contributed by atoms with Gasteiger partial charge in [0.2, 0.25) is 0 Å².